The molecule has 5 nitrogen and oxygen atoms in total. The lowest BCUT2D eigenvalue weighted by atomic mass is 9.86. The van der Waals surface area contributed by atoms with Crippen LogP contribution in [-0.4, -0.2) is 11.8 Å². The Hall–Kier alpha value is -3.60. The number of hydrogen-bond acceptors (Lipinski definition) is 3. The third-order valence-electron chi connectivity index (χ3n) is 4.98. The van der Waals surface area contributed by atoms with Crippen LogP contribution in [0.4, 0.5) is 0 Å². The van der Waals surface area contributed by atoms with E-state index in [4.69, 9.17) is 4.42 Å². The van der Waals surface area contributed by atoms with Gasteiger partial charge in [0, 0.05) is 11.6 Å². The van der Waals surface area contributed by atoms with Crippen molar-refractivity contribution in [2.45, 2.75) is 39.2 Å². The van der Waals surface area contributed by atoms with E-state index in [9.17, 15) is 9.59 Å². The lowest BCUT2D eigenvalue weighted by molar-refractivity contribution is -0.118. The fourth-order valence-electron chi connectivity index (χ4n) is 3.09. The molecule has 160 valence electrons. The first-order chi connectivity index (χ1) is 14.7. The highest BCUT2D eigenvalue weighted by Crippen LogP contribution is 2.24. The minimum atomic E-state index is -0.395. The Morgan fingerprint density at radius 2 is 1.61 bits per heavy atom. The van der Waals surface area contributed by atoms with Gasteiger partial charge in [-0.2, -0.15) is 0 Å². The van der Waals surface area contributed by atoms with Gasteiger partial charge in [0.2, 0.25) is 0 Å². The number of furan rings is 1. The van der Waals surface area contributed by atoms with Crippen LogP contribution in [0.5, 0.6) is 0 Å². The van der Waals surface area contributed by atoms with Crippen LogP contribution in [0.3, 0.4) is 0 Å². The van der Waals surface area contributed by atoms with Gasteiger partial charge in [0.15, 0.2) is 0 Å². The van der Waals surface area contributed by atoms with Crippen molar-refractivity contribution in [2.24, 2.45) is 0 Å². The van der Waals surface area contributed by atoms with Crippen LogP contribution in [0.25, 0.3) is 6.08 Å². The van der Waals surface area contributed by atoms with Gasteiger partial charge in [-0.25, -0.2) is 0 Å². The number of hydrogen-bond donors (Lipinski definition) is 2. The quantitative estimate of drug-likeness (QED) is 0.541. The molecule has 1 heterocycles. The molecule has 3 rings (SSSR count). The molecule has 0 radical (unpaired) electrons. The summed E-state index contributed by atoms with van der Waals surface area (Å²) < 4.78 is 5.33. The number of amides is 2. The van der Waals surface area contributed by atoms with E-state index in [0.29, 0.717) is 11.3 Å². The molecule has 31 heavy (non-hydrogen) atoms. The van der Waals surface area contributed by atoms with Crippen molar-refractivity contribution in [3.05, 3.63) is 101 Å². The second kappa shape index (κ2) is 9.47. The van der Waals surface area contributed by atoms with Gasteiger partial charge in [-0.3, -0.25) is 9.59 Å². The standard InChI is InChI=1S/C26H28N2O3/c1-18(19-12-14-21(15-13-19)26(2,3)4)27-25(30)23(17-22-11-8-16-31-22)28-24(29)20-9-6-5-7-10-20/h5-18H,1-4H3,(H,27,30)(H,28,29)/b23-17-/t18-/m1/s1. The van der Waals surface area contributed by atoms with Crippen molar-refractivity contribution in [3.63, 3.8) is 0 Å². The zero-order valence-corrected chi connectivity index (χ0v) is 18.3. The SMILES string of the molecule is C[C@@H](NC(=O)/C(=C/c1ccco1)NC(=O)c1ccccc1)c1ccc(C(C)(C)C)cc1. The highest BCUT2D eigenvalue weighted by atomic mass is 16.3. The summed E-state index contributed by atoms with van der Waals surface area (Å²) in [7, 11) is 0. The summed E-state index contributed by atoms with van der Waals surface area (Å²) in [6.45, 7) is 8.39. The Bertz CT molecular complexity index is 1040. The first kappa shape index (κ1) is 22.1. The van der Waals surface area contributed by atoms with Gasteiger partial charge in [-0.15, -0.1) is 0 Å². The van der Waals surface area contributed by atoms with Crippen LogP contribution in [0.2, 0.25) is 0 Å². The molecule has 1 atom stereocenters. The Morgan fingerprint density at radius 3 is 2.19 bits per heavy atom. The first-order valence-corrected chi connectivity index (χ1v) is 10.3. The van der Waals surface area contributed by atoms with Crippen LogP contribution in [0.1, 0.15) is 61.0 Å². The monoisotopic (exact) mass is 416 g/mol. The Morgan fingerprint density at radius 1 is 0.935 bits per heavy atom. The zero-order chi connectivity index (χ0) is 22.4. The highest BCUT2D eigenvalue weighted by Gasteiger charge is 2.19. The highest BCUT2D eigenvalue weighted by molar-refractivity contribution is 6.05. The van der Waals surface area contributed by atoms with E-state index in [1.807, 2.05) is 25.1 Å². The molecule has 0 aliphatic rings. The second-order valence-electron chi connectivity index (χ2n) is 8.46. The summed E-state index contributed by atoms with van der Waals surface area (Å²) in [6.07, 6.45) is 3.03. The molecule has 0 saturated heterocycles. The molecule has 1 aromatic heterocycles. The molecular formula is C26H28N2O3. The van der Waals surface area contributed by atoms with Crippen LogP contribution in [0, 0.1) is 0 Å². The lowest BCUT2D eigenvalue weighted by Gasteiger charge is -2.21. The summed E-state index contributed by atoms with van der Waals surface area (Å²) in [6, 6.07) is 20.1. The molecule has 0 bridgehead atoms. The normalized spacial score (nSPS) is 12.8. The fraction of sp³-hybridized carbons (Fsp3) is 0.231. The summed E-state index contributed by atoms with van der Waals surface area (Å²) >= 11 is 0. The lowest BCUT2D eigenvalue weighted by Crippen LogP contribution is -2.36. The van der Waals surface area contributed by atoms with E-state index in [0.717, 1.165) is 5.56 Å². The number of rotatable bonds is 6. The molecule has 0 fully saturated rings. The topological polar surface area (TPSA) is 71.3 Å². The minimum absolute atomic E-state index is 0.0612. The van der Waals surface area contributed by atoms with Gasteiger partial charge < -0.3 is 15.1 Å². The third kappa shape index (κ3) is 5.95. The van der Waals surface area contributed by atoms with Gasteiger partial charge in [-0.05, 0) is 47.7 Å². The van der Waals surface area contributed by atoms with E-state index in [2.05, 4.69) is 43.5 Å². The Kier molecular flexibility index (Phi) is 6.75. The summed E-state index contributed by atoms with van der Waals surface area (Å²) in [5.74, 6) is -0.287. The number of carbonyl (C=O) groups is 2. The second-order valence-corrected chi connectivity index (χ2v) is 8.46. The number of nitrogens with one attached hydrogen (secondary N) is 2. The first-order valence-electron chi connectivity index (χ1n) is 10.3. The van der Waals surface area contributed by atoms with E-state index in [1.54, 1.807) is 36.4 Å². The van der Waals surface area contributed by atoms with Crippen molar-refractivity contribution in [3.8, 4) is 0 Å². The average Bonchev–Trinajstić information content (AvgIpc) is 3.26. The van der Waals surface area contributed by atoms with E-state index in [1.165, 1.54) is 17.9 Å². The van der Waals surface area contributed by atoms with Crippen molar-refractivity contribution in [1.29, 1.82) is 0 Å². The maximum absolute atomic E-state index is 13.0. The molecule has 2 N–H and O–H groups in total. The van der Waals surface area contributed by atoms with Crippen LogP contribution < -0.4 is 10.6 Å². The summed E-state index contributed by atoms with van der Waals surface area (Å²) in [4.78, 5) is 25.6. The maximum atomic E-state index is 13.0. The Balaban J connectivity index is 1.77. The van der Waals surface area contributed by atoms with Gasteiger partial charge in [0.05, 0.1) is 12.3 Å². The van der Waals surface area contributed by atoms with Crippen molar-refractivity contribution in [1.82, 2.24) is 10.6 Å². The smallest absolute Gasteiger partial charge is 0.268 e. The van der Waals surface area contributed by atoms with E-state index in [-0.39, 0.29) is 23.1 Å². The van der Waals surface area contributed by atoms with Crippen molar-refractivity contribution in [2.75, 3.05) is 0 Å². The third-order valence-corrected chi connectivity index (χ3v) is 4.98. The molecule has 0 unspecified atom stereocenters. The molecule has 2 aromatic carbocycles. The van der Waals surface area contributed by atoms with Crippen molar-refractivity contribution >= 4 is 17.9 Å². The minimum Gasteiger partial charge on any atom is -0.465 e. The van der Waals surface area contributed by atoms with Gasteiger partial charge in [-0.1, -0.05) is 63.2 Å². The predicted octanol–water partition coefficient (Wildman–Crippen LogP) is 5.23. The van der Waals surface area contributed by atoms with Crippen LogP contribution >= 0.6 is 0 Å². The maximum Gasteiger partial charge on any atom is 0.268 e. The Labute approximate surface area is 183 Å². The molecule has 5 heteroatoms. The summed E-state index contributed by atoms with van der Waals surface area (Å²) in [5, 5.41) is 5.67. The van der Waals surface area contributed by atoms with E-state index < -0.39 is 5.91 Å². The zero-order valence-electron chi connectivity index (χ0n) is 18.3. The van der Waals surface area contributed by atoms with Gasteiger partial charge >= 0.3 is 0 Å². The summed E-state index contributed by atoms with van der Waals surface area (Å²) in [5.41, 5.74) is 2.84. The van der Waals surface area contributed by atoms with Gasteiger partial charge in [0.1, 0.15) is 11.5 Å². The number of benzene rings is 2. The van der Waals surface area contributed by atoms with Crippen molar-refractivity contribution < 1.29 is 14.0 Å². The largest absolute Gasteiger partial charge is 0.465 e. The molecule has 0 spiro atoms. The predicted molar refractivity (Wildman–Crippen MR) is 122 cm³/mol. The fourth-order valence-corrected chi connectivity index (χ4v) is 3.09. The molecular weight excluding hydrogens is 388 g/mol. The van der Waals surface area contributed by atoms with E-state index >= 15 is 0 Å². The van der Waals surface area contributed by atoms with Crippen LogP contribution in [0.15, 0.2) is 83.1 Å². The molecule has 0 aliphatic heterocycles. The molecule has 0 saturated carbocycles. The average molecular weight is 417 g/mol. The molecule has 3 aromatic rings. The molecule has 0 aliphatic carbocycles. The van der Waals surface area contributed by atoms with Gasteiger partial charge in [0.25, 0.3) is 11.8 Å². The number of carbonyl (C=O) groups excluding carboxylic acids is 2. The van der Waals surface area contributed by atoms with Crippen LogP contribution in [-0.2, 0) is 10.2 Å². The molecule has 2 amide bonds.